The molecule has 4 aromatic rings. The molecule has 5 rings (SSSR count). The van der Waals surface area contributed by atoms with Crippen LogP contribution in [0, 0.1) is 13.8 Å². The lowest BCUT2D eigenvalue weighted by molar-refractivity contribution is -0.774. The molecule has 1 saturated heterocycles. The van der Waals surface area contributed by atoms with Crippen LogP contribution in [0.2, 0.25) is 0 Å². The molecule has 1 unspecified atom stereocenters. The van der Waals surface area contributed by atoms with Crippen LogP contribution in [0.25, 0.3) is 32.6 Å². The van der Waals surface area contributed by atoms with Gasteiger partial charge in [0.15, 0.2) is 18.5 Å². The maximum Gasteiger partial charge on any atom is 0.291 e. The first-order chi connectivity index (χ1) is 13.9. The minimum atomic E-state index is -1.26. The van der Waals surface area contributed by atoms with E-state index in [1.54, 1.807) is 16.7 Å². The second-order valence-corrected chi connectivity index (χ2v) is 7.85. The lowest BCUT2D eigenvalue weighted by Crippen LogP contribution is -3.00. The molecule has 5 N–H and O–H groups in total. The summed E-state index contributed by atoms with van der Waals surface area (Å²) in [6.45, 7) is 4.03. The lowest BCUT2D eigenvalue weighted by atomic mass is 9.96. The topological polar surface area (TPSA) is 110 Å². The highest BCUT2D eigenvalue weighted by Gasteiger charge is 2.43. The Morgan fingerprint density at radius 2 is 1.77 bits per heavy atom. The van der Waals surface area contributed by atoms with E-state index < -0.39 is 24.5 Å². The van der Waals surface area contributed by atoms with Crippen LogP contribution in [0.5, 0.6) is 5.75 Å². The van der Waals surface area contributed by atoms with Crippen molar-refractivity contribution in [3.8, 4) is 5.75 Å². The number of hydrogen-bond acceptors (Lipinski definition) is 5. The van der Waals surface area contributed by atoms with Crippen molar-refractivity contribution in [2.24, 2.45) is 0 Å². The zero-order chi connectivity index (χ0) is 20.4. The Balaban J connectivity index is 0.00000218. The van der Waals surface area contributed by atoms with E-state index in [1.807, 2.05) is 31.5 Å². The fourth-order valence-electron chi connectivity index (χ4n) is 4.47. The molecule has 30 heavy (non-hydrogen) atoms. The number of aliphatic hydroxyl groups excluding tert-OH is 3. The number of hydrogen-bond donors (Lipinski definition) is 5. The number of rotatable bonds is 1. The lowest BCUT2D eigenvalue weighted by Gasteiger charge is -2.31. The van der Waals surface area contributed by atoms with Gasteiger partial charge in [0.25, 0.3) is 6.23 Å². The Kier molecular flexibility index (Phi) is 5.24. The molecule has 1 aliphatic heterocycles. The first-order valence-electron chi connectivity index (χ1n) is 9.60. The first kappa shape index (κ1) is 21.0. The van der Waals surface area contributed by atoms with Crippen molar-refractivity contribution in [1.29, 1.82) is 0 Å². The Bertz CT molecular complexity index is 1270. The predicted octanol–water partition coefficient (Wildman–Crippen LogP) is -1.30. The number of fused-ring (bicyclic) bond motifs is 4. The summed E-state index contributed by atoms with van der Waals surface area (Å²) in [7, 11) is 0. The molecule has 3 heterocycles. The molecular weight excluding hydrogens is 452 g/mol. The van der Waals surface area contributed by atoms with E-state index in [1.165, 1.54) is 0 Å². The molecule has 0 amide bonds. The number of aliphatic hydroxyl groups is 3. The molecular formula is C22H23BrN2O5. The van der Waals surface area contributed by atoms with Gasteiger partial charge in [-0.15, -0.1) is 0 Å². The summed E-state index contributed by atoms with van der Waals surface area (Å²) in [6.07, 6.45) is -0.690. The summed E-state index contributed by atoms with van der Waals surface area (Å²) >= 11 is 0. The van der Waals surface area contributed by atoms with Gasteiger partial charge in [-0.2, -0.15) is 4.57 Å². The minimum Gasteiger partial charge on any atom is -1.00 e. The summed E-state index contributed by atoms with van der Waals surface area (Å²) in [5.74, 6) is 0.213. The Morgan fingerprint density at radius 1 is 1.00 bits per heavy atom. The van der Waals surface area contributed by atoms with Gasteiger partial charge >= 0.3 is 0 Å². The molecule has 0 bridgehead atoms. The van der Waals surface area contributed by atoms with Crippen LogP contribution in [-0.4, -0.2) is 50.3 Å². The first-order valence-corrected chi connectivity index (χ1v) is 9.60. The third-order valence-electron chi connectivity index (χ3n) is 6.09. The average molecular weight is 475 g/mol. The van der Waals surface area contributed by atoms with E-state index in [0.29, 0.717) is 0 Å². The number of H-pyrrole nitrogens is 1. The molecule has 2 aromatic carbocycles. The number of benzene rings is 2. The van der Waals surface area contributed by atoms with Gasteiger partial charge in [-0.25, -0.2) is 0 Å². The summed E-state index contributed by atoms with van der Waals surface area (Å²) in [4.78, 5) is 3.46. The fourth-order valence-corrected chi connectivity index (χ4v) is 4.47. The highest BCUT2D eigenvalue weighted by atomic mass is 79.9. The third-order valence-corrected chi connectivity index (χ3v) is 6.09. The van der Waals surface area contributed by atoms with E-state index in [4.69, 9.17) is 4.74 Å². The SMILES string of the molecule is Cc1c2cc[n+](C3OC[C@@H](O)[C@@H](O)[C@@H]3O)cc2c(C)c2c1[nH]c1ccc(O)cc12.[Br-]. The van der Waals surface area contributed by atoms with E-state index in [0.717, 1.165) is 43.7 Å². The van der Waals surface area contributed by atoms with Crippen molar-refractivity contribution in [1.82, 2.24) is 4.98 Å². The molecule has 7 nitrogen and oxygen atoms in total. The minimum absolute atomic E-state index is 0. The highest BCUT2D eigenvalue weighted by Crippen LogP contribution is 2.37. The average Bonchev–Trinajstić information content (AvgIpc) is 3.09. The third kappa shape index (κ3) is 2.99. The zero-order valence-electron chi connectivity index (χ0n) is 16.5. The van der Waals surface area contributed by atoms with Crippen molar-refractivity contribution in [2.75, 3.05) is 6.61 Å². The number of aromatic nitrogens is 2. The van der Waals surface area contributed by atoms with Gasteiger partial charge in [-0.1, -0.05) is 0 Å². The maximum atomic E-state index is 10.4. The monoisotopic (exact) mass is 474 g/mol. The molecule has 2 aromatic heterocycles. The predicted molar refractivity (Wildman–Crippen MR) is 108 cm³/mol. The smallest absolute Gasteiger partial charge is 0.291 e. The molecule has 0 saturated carbocycles. The van der Waals surface area contributed by atoms with Crippen molar-refractivity contribution >= 4 is 32.6 Å². The number of ether oxygens (including phenoxy) is 1. The second kappa shape index (κ2) is 7.47. The van der Waals surface area contributed by atoms with Crippen LogP contribution in [0.3, 0.4) is 0 Å². The molecule has 1 fully saturated rings. The van der Waals surface area contributed by atoms with Crippen LogP contribution < -0.4 is 21.5 Å². The van der Waals surface area contributed by atoms with Crippen LogP contribution in [0.15, 0.2) is 36.7 Å². The van der Waals surface area contributed by atoms with Crippen LogP contribution >= 0.6 is 0 Å². The van der Waals surface area contributed by atoms with Gasteiger partial charge in [0.2, 0.25) is 0 Å². The van der Waals surface area contributed by atoms with Gasteiger partial charge in [-0.3, -0.25) is 0 Å². The van der Waals surface area contributed by atoms with Gasteiger partial charge in [0.05, 0.1) is 12.1 Å². The number of aromatic amines is 1. The summed E-state index contributed by atoms with van der Waals surface area (Å²) in [5.41, 5.74) is 4.11. The Morgan fingerprint density at radius 3 is 2.53 bits per heavy atom. The molecule has 0 radical (unpaired) electrons. The maximum absolute atomic E-state index is 10.4. The van der Waals surface area contributed by atoms with Gasteiger partial charge in [0.1, 0.15) is 18.0 Å². The van der Waals surface area contributed by atoms with E-state index >= 15 is 0 Å². The van der Waals surface area contributed by atoms with Crippen molar-refractivity contribution < 1.29 is 46.7 Å². The molecule has 1 aliphatic rings. The number of phenols is 1. The highest BCUT2D eigenvalue weighted by molar-refractivity contribution is 6.16. The molecule has 4 atom stereocenters. The van der Waals surface area contributed by atoms with Crippen LogP contribution in [-0.2, 0) is 4.74 Å². The number of aryl methyl sites for hydroxylation is 2. The number of phenolic OH excluding ortho intramolecular Hbond substituents is 1. The Labute approximate surface area is 182 Å². The summed E-state index contributed by atoms with van der Waals surface area (Å²) < 4.78 is 7.33. The number of halogens is 1. The number of nitrogens with one attached hydrogen (secondary N) is 1. The standard InChI is InChI=1S/C22H22N2O5.BrH/c1-10-15-8-24(22-21(28)20(27)17(26)9-29-22)6-5-13(15)11(2)19-18(10)14-7-12(25)3-4-16(14)23-19;/h3-8,17,20-22,25-28H,9H2,1-2H3;1H/t17-,20-,21+,22?;/m1./s1. The van der Waals surface area contributed by atoms with E-state index in [2.05, 4.69) is 11.9 Å². The quantitative estimate of drug-likeness (QED) is 0.220. The molecule has 0 spiro atoms. The second-order valence-electron chi connectivity index (χ2n) is 7.85. The van der Waals surface area contributed by atoms with Crippen molar-refractivity contribution in [3.63, 3.8) is 0 Å². The number of pyridine rings is 1. The fraction of sp³-hybridized carbons (Fsp3) is 0.318. The van der Waals surface area contributed by atoms with Crippen molar-refractivity contribution in [2.45, 2.75) is 38.4 Å². The van der Waals surface area contributed by atoms with Gasteiger partial charge < -0.3 is 47.1 Å². The molecule has 158 valence electrons. The van der Waals surface area contributed by atoms with Crippen LogP contribution in [0.1, 0.15) is 17.4 Å². The largest absolute Gasteiger partial charge is 1.00 e. The Hall–Kier alpha value is -2.23. The van der Waals surface area contributed by atoms with Gasteiger partial charge in [-0.05, 0) is 48.6 Å². The summed E-state index contributed by atoms with van der Waals surface area (Å²) in [6, 6.07) is 7.26. The molecule has 8 heteroatoms. The van der Waals surface area contributed by atoms with Crippen molar-refractivity contribution in [3.05, 3.63) is 47.8 Å². The van der Waals surface area contributed by atoms with Crippen LogP contribution in [0.4, 0.5) is 0 Å². The number of nitrogens with zero attached hydrogens (tertiary/aromatic N) is 1. The summed E-state index contributed by atoms with van der Waals surface area (Å²) in [5, 5.41) is 44.1. The molecule has 0 aliphatic carbocycles. The number of aromatic hydroxyl groups is 1. The zero-order valence-corrected chi connectivity index (χ0v) is 18.1. The normalized spacial score (nSPS) is 24.4. The van der Waals surface area contributed by atoms with E-state index in [9.17, 15) is 20.4 Å². The van der Waals surface area contributed by atoms with E-state index in [-0.39, 0.29) is 29.3 Å². The van der Waals surface area contributed by atoms with Gasteiger partial charge in [0, 0.05) is 27.7 Å².